The number of ether oxygens (including phenoxy) is 3. The Bertz CT molecular complexity index is 1400. The Kier molecular flexibility index (Phi) is 6.63. The molecule has 2 aromatic carbocycles. The molecule has 3 heterocycles. The van der Waals surface area contributed by atoms with E-state index in [4.69, 9.17) is 37.1 Å². The number of rotatable bonds is 5. The van der Waals surface area contributed by atoms with E-state index >= 15 is 0 Å². The molecule has 2 aromatic heterocycles. The predicted molar refractivity (Wildman–Crippen MR) is 142 cm³/mol. The summed E-state index contributed by atoms with van der Waals surface area (Å²) in [4.78, 5) is 22.3. The van der Waals surface area contributed by atoms with E-state index in [2.05, 4.69) is 19.9 Å². The Morgan fingerprint density at radius 3 is 2.39 bits per heavy atom. The summed E-state index contributed by atoms with van der Waals surface area (Å²) in [5.74, 6) is 2.75. The number of hydrogen-bond acceptors (Lipinski definition) is 10. The molecule has 1 aliphatic heterocycles. The fraction of sp³-hybridized carbons (Fsp3) is 0.240. The third kappa shape index (κ3) is 4.78. The van der Waals surface area contributed by atoms with Gasteiger partial charge in [0.2, 0.25) is 5.95 Å². The molecule has 0 atom stereocenters. The number of benzene rings is 2. The third-order valence-electron chi connectivity index (χ3n) is 5.87. The smallest absolute Gasteiger partial charge is 0.264 e. The van der Waals surface area contributed by atoms with Crippen LogP contribution in [0.3, 0.4) is 0 Å². The molecular formula is C25H25N7O3S. The normalized spacial score (nSPS) is 13.5. The average Bonchev–Trinajstić information content (AvgIpc) is 2.92. The van der Waals surface area contributed by atoms with Crippen molar-refractivity contribution in [2.24, 2.45) is 0 Å². The van der Waals surface area contributed by atoms with E-state index in [9.17, 15) is 0 Å². The maximum absolute atomic E-state index is 6.01. The molecule has 0 radical (unpaired) electrons. The van der Waals surface area contributed by atoms with Crippen LogP contribution in [0.25, 0.3) is 22.4 Å². The number of thiocarbonyl (C=S) groups is 1. The van der Waals surface area contributed by atoms with Crippen molar-refractivity contribution in [3.05, 3.63) is 54.7 Å². The SMILES string of the molecule is COc1ccc(-c2cnc3nc(N)nc(N4CCN(C(=S)Oc5ccccc5)CC4)c3n2)cc1OC. The minimum Gasteiger partial charge on any atom is -0.493 e. The van der Waals surface area contributed by atoms with Gasteiger partial charge in [0.25, 0.3) is 5.17 Å². The molecule has 0 saturated carbocycles. The lowest BCUT2D eigenvalue weighted by Gasteiger charge is -2.36. The van der Waals surface area contributed by atoms with E-state index < -0.39 is 0 Å². The first kappa shape index (κ1) is 23.5. The molecule has 0 spiro atoms. The molecule has 1 saturated heterocycles. The Balaban J connectivity index is 1.39. The molecular weight excluding hydrogens is 478 g/mol. The van der Waals surface area contributed by atoms with Gasteiger partial charge < -0.3 is 29.7 Å². The summed E-state index contributed by atoms with van der Waals surface area (Å²) in [7, 11) is 3.19. The third-order valence-corrected chi connectivity index (χ3v) is 6.21. The molecule has 5 rings (SSSR count). The van der Waals surface area contributed by atoms with E-state index in [1.165, 1.54) is 0 Å². The van der Waals surface area contributed by atoms with E-state index in [0.717, 1.165) is 11.3 Å². The largest absolute Gasteiger partial charge is 0.493 e. The van der Waals surface area contributed by atoms with Crippen LogP contribution >= 0.6 is 12.2 Å². The summed E-state index contributed by atoms with van der Waals surface area (Å²) in [6, 6.07) is 15.1. The summed E-state index contributed by atoms with van der Waals surface area (Å²) >= 11 is 5.52. The molecule has 2 N–H and O–H groups in total. The van der Waals surface area contributed by atoms with Gasteiger partial charge in [-0.25, -0.2) is 9.97 Å². The van der Waals surface area contributed by atoms with Crippen molar-refractivity contribution < 1.29 is 14.2 Å². The maximum atomic E-state index is 6.01. The van der Waals surface area contributed by atoms with Gasteiger partial charge in [-0.3, -0.25) is 0 Å². The van der Waals surface area contributed by atoms with Gasteiger partial charge in [0, 0.05) is 31.7 Å². The van der Waals surface area contributed by atoms with Crippen LogP contribution in [0.15, 0.2) is 54.7 Å². The van der Waals surface area contributed by atoms with Crippen LogP contribution in [0, 0.1) is 0 Å². The zero-order chi connectivity index (χ0) is 25.1. The summed E-state index contributed by atoms with van der Waals surface area (Å²) in [5, 5.41) is 0.448. The number of para-hydroxylation sites is 1. The first-order valence-corrected chi connectivity index (χ1v) is 11.8. The van der Waals surface area contributed by atoms with Crippen molar-refractivity contribution in [1.82, 2.24) is 24.8 Å². The van der Waals surface area contributed by atoms with Gasteiger partial charge in [0.1, 0.15) is 5.75 Å². The highest BCUT2D eigenvalue weighted by Gasteiger charge is 2.24. The second-order valence-electron chi connectivity index (χ2n) is 8.06. The van der Waals surface area contributed by atoms with E-state index in [1.54, 1.807) is 20.4 Å². The van der Waals surface area contributed by atoms with Crippen molar-refractivity contribution in [3.8, 4) is 28.5 Å². The number of fused-ring (bicyclic) bond motifs is 1. The number of piperazine rings is 1. The Hall–Kier alpha value is -4.25. The van der Waals surface area contributed by atoms with Crippen LogP contribution in [0.5, 0.6) is 17.2 Å². The number of nitrogen functional groups attached to an aromatic ring is 1. The molecule has 11 heteroatoms. The second kappa shape index (κ2) is 10.2. The van der Waals surface area contributed by atoms with Gasteiger partial charge in [-0.05, 0) is 42.5 Å². The highest BCUT2D eigenvalue weighted by molar-refractivity contribution is 7.80. The van der Waals surface area contributed by atoms with Gasteiger partial charge in [-0.15, -0.1) is 0 Å². The van der Waals surface area contributed by atoms with Crippen LogP contribution in [-0.2, 0) is 0 Å². The van der Waals surface area contributed by atoms with E-state index in [0.29, 0.717) is 65.5 Å². The Morgan fingerprint density at radius 2 is 1.67 bits per heavy atom. The first-order chi connectivity index (χ1) is 17.6. The minimum atomic E-state index is 0.149. The van der Waals surface area contributed by atoms with Crippen LogP contribution in [-0.4, -0.2) is 70.4 Å². The van der Waals surface area contributed by atoms with Crippen molar-refractivity contribution in [3.63, 3.8) is 0 Å². The maximum Gasteiger partial charge on any atom is 0.264 e. The van der Waals surface area contributed by atoms with Crippen LogP contribution in [0.2, 0.25) is 0 Å². The van der Waals surface area contributed by atoms with E-state index in [-0.39, 0.29) is 5.95 Å². The zero-order valence-electron chi connectivity index (χ0n) is 19.9. The minimum absolute atomic E-state index is 0.149. The fourth-order valence-electron chi connectivity index (χ4n) is 4.02. The molecule has 0 amide bonds. The number of aromatic nitrogens is 4. The predicted octanol–water partition coefficient (Wildman–Crippen LogP) is 3.17. The quantitative estimate of drug-likeness (QED) is 0.405. The summed E-state index contributed by atoms with van der Waals surface area (Å²) < 4.78 is 16.6. The molecule has 4 aromatic rings. The molecule has 1 aliphatic rings. The lowest BCUT2D eigenvalue weighted by atomic mass is 10.1. The van der Waals surface area contributed by atoms with Gasteiger partial charge in [-0.1, -0.05) is 18.2 Å². The zero-order valence-corrected chi connectivity index (χ0v) is 20.7. The van der Waals surface area contributed by atoms with Crippen LogP contribution in [0.1, 0.15) is 0 Å². The Morgan fingerprint density at radius 1 is 0.917 bits per heavy atom. The summed E-state index contributed by atoms with van der Waals surface area (Å²) in [6.07, 6.45) is 1.66. The molecule has 1 fully saturated rings. The van der Waals surface area contributed by atoms with Gasteiger partial charge >= 0.3 is 0 Å². The van der Waals surface area contributed by atoms with Crippen molar-refractivity contribution in [1.29, 1.82) is 0 Å². The number of nitrogens with two attached hydrogens (primary N) is 1. The number of nitrogens with zero attached hydrogens (tertiary/aromatic N) is 6. The van der Waals surface area contributed by atoms with Gasteiger partial charge in [-0.2, -0.15) is 9.97 Å². The fourth-order valence-corrected chi connectivity index (χ4v) is 4.30. The highest BCUT2D eigenvalue weighted by atomic mass is 32.1. The standard InChI is InChI=1S/C25H25N7O3S/c1-33-19-9-8-16(14-20(19)34-2)18-15-27-22-21(28-18)23(30-24(26)29-22)31-10-12-32(13-11-31)25(36)35-17-6-4-3-5-7-17/h3-9,14-15H,10-13H2,1-2H3,(H2,26,27,29,30). The lowest BCUT2D eigenvalue weighted by Crippen LogP contribution is -2.50. The number of anilines is 2. The highest BCUT2D eigenvalue weighted by Crippen LogP contribution is 2.33. The van der Waals surface area contributed by atoms with Crippen molar-refractivity contribution in [2.45, 2.75) is 0 Å². The number of methoxy groups -OCH3 is 2. The topological polar surface area (TPSA) is 112 Å². The monoisotopic (exact) mass is 503 g/mol. The first-order valence-electron chi connectivity index (χ1n) is 11.3. The lowest BCUT2D eigenvalue weighted by molar-refractivity contribution is 0.331. The summed E-state index contributed by atoms with van der Waals surface area (Å²) in [5.41, 5.74) is 8.52. The second-order valence-corrected chi connectivity index (χ2v) is 8.41. The molecule has 184 valence electrons. The van der Waals surface area contributed by atoms with Gasteiger partial charge in [0.15, 0.2) is 28.5 Å². The van der Waals surface area contributed by atoms with Crippen molar-refractivity contribution >= 4 is 40.3 Å². The molecule has 36 heavy (non-hydrogen) atoms. The average molecular weight is 504 g/mol. The van der Waals surface area contributed by atoms with Crippen molar-refractivity contribution in [2.75, 3.05) is 51.0 Å². The summed E-state index contributed by atoms with van der Waals surface area (Å²) in [6.45, 7) is 2.65. The molecule has 0 unspecified atom stereocenters. The van der Waals surface area contributed by atoms with E-state index in [1.807, 2.05) is 53.4 Å². The molecule has 0 bridgehead atoms. The molecule has 0 aliphatic carbocycles. The van der Waals surface area contributed by atoms with Crippen LogP contribution < -0.4 is 24.8 Å². The Labute approximate surface area is 213 Å². The van der Waals surface area contributed by atoms with Crippen LogP contribution in [0.4, 0.5) is 11.8 Å². The molecule has 10 nitrogen and oxygen atoms in total. The number of hydrogen-bond donors (Lipinski definition) is 1. The van der Waals surface area contributed by atoms with Gasteiger partial charge in [0.05, 0.1) is 26.1 Å².